The van der Waals surface area contributed by atoms with Crippen LogP contribution in [0.25, 0.3) is 0 Å². The van der Waals surface area contributed by atoms with Crippen LogP contribution in [-0.2, 0) is 0 Å². The average molecular weight is 223 g/mol. The average Bonchev–Trinajstić information content (AvgIpc) is 2.31. The van der Waals surface area contributed by atoms with Gasteiger partial charge in [0.05, 0.1) is 0 Å². The van der Waals surface area contributed by atoms with Gasteiger partial charge in [0.15, 0.2) is 0 Å². The molecular weight excluding hydrogens is 192 g/mol. The van der Waals surface area contributed by atoms with Crippen LogP contribution in [-0.4, -0.2) is 0 Å². The molecule has 0 bridgehead atoms. The second-order valence-electron chi connectivity index (χ2n) is 5.65. The van der Waals surface area contributed by atoms with Crippen molar-refractivity contribution >= 4 is 0 Å². The Hall–Kier alpha value is 0. The quantitative estimate of drug-likeness (QED) is 0.479. The van der Waals surface area contributed by atoms with E-state index in [1.807, 2.05) is 5.92 Å². The lowest BCUT2D eigenvalue weighted by Gasteiger charge is -2.22. The topological polar surface area (TPSA) is 0 Å². The van der Waals surface area contributed by atoms with Crippen molar-refractivity contribution in [3.63, 3.8) is 0 Å². The van der Waals surface area contributed by atoms with Gasteiger partial charge < -0.3 is 0 Å². The molecule has 0 aromatic rings. The van der Waals surface area contributed by atoms with Crippen LogP contribution in [0.5, 0.6) is 0 Å². The summed E-state index contributed by atoms with van der Waals surface area (Å²) in [5.41, 5.74) is 0. The Labute approximate surface area is 103 Å². The van der Waals surface area contributed by atoms with Crippen molar-refractivity contribution < 1.29 is 0 Å². The molecule has 1 fully saturated rings. The highest BCUT2D eigenvalue weighted by molar-refractivity contribution is 4.92. The lowest BCUT2D eigenvalue weighted by molar-refractivity contribution is 0.387. The summed E-state index contributed by atoms with van der Waals surface area (Å²) in [4.78, 5) is 0. The molecule has 0 amide bonds. The van der Waals surface area contributed by atoms with Gasteiger partial charge in [0.2, 0.25) is 0 Å². The predicted octanol–water partition coefficient (Wildman–Crippen LogP) is 5.91. The van der Waals surface area contributed by atoms with E-state index in [4.69, 9.17) is 0 Å². The molecule has 0 saturated heterocycles. The highest BCUT2D eigenvalue weighted by atomic mass is 14.2. The minimum Gasteiger partial charge on any atom is -0.0654 e. The number of hydrogen-bond donors (Lipinski definition) is 0. The molecule has 1 radical (unpaired) electrons. The van der Waals surface area contributed by atoms with E-state index in [0.29, 0.717) is 0 Å². The van der Waals surface area contributed by atoms with Crippen molar-refractivity contribution in [2.75, 3.05) is 0 Å². The van der Waals surface area contributed by atoms with E-state index in [1.165, 1.54) is 77.0 Å². The third-order valence-electron chi connectivity index (χ3n) is 4.10. The molecule has 0 aromatic carbocycles. The Morgan fingerprint density at radius 2 is 1.50 bits per heavy atom. The minimum absolute atomic E-state index is 1.03. The summed E-state index contributed by atoms with van der Waals surface area (Å²) in [7, 11) is 0. The smallest absolute Gasteiger partial charge is 0.0241 e. The van der Waals surface area contributed by atoms with E-state index in [9.17, 15) is 0 Å². The molecule has 0 nitrogen and oxygen atoms in total. The summed E-state index contributed by atoms with van der Waals surface area (Å²) in [6.07, 6.45) is 17.4. The highest BCUT2D eigenvalue weighted by Crippen LogP contribution is 2.31. The maximum absolute atomic E-state index is 2.33. The third-order valence-corrected chi connectivity index (χ3v) is 4.10. The van der Waals surface area contributed by atoms with E-state index in [0.717, 1.165) is 5.92 Å². The predicted molar refractivity (Wildman–Crippen MR) is 73.5 cm³/mol. The van der Waals surface area contributed by atoms with Crippen molar-refractivity contribution in [3.8, 4) is 0 Å². The van der Waals surface area contributed by atoms with Gasteiger partial charge >= 0.3 is 0 Å². The Kier molecular flexibility index (Phi) is 7.98. The Morgan fingerprint density at radius 3 is 2.06 bits per heavy atom. The van der Waals surface area contributed by atoms with Crippen molar-refractivity contribution in [3.05, 3.63) is 5.92 Å². The van der Waals surface area contributed by atoms with Gasteiger partial charge in [-0.05, 0) is 31.1 Å². The van der Waals surface area contributed by atoms with Gasteiger partial charge in [0.25, 0.3) is 0 Å². The molecule has 1 aliphatic carbocycles. The van der Waals surface area contributed by atoms with Crippen LogP contribution in [0.15, 0.2) is 0 Å². The van der Waals surface area contributed by atoms with E-state index in [1.54, 1.807) is 0 Å². The molecule has 1 saturated carbocycles. The summed E-state index contributed by atoms with van der Waals surface area (Å²) < 4.78 is 0. The number of hydrogen-bond acceptors (Lipinski definition) is 0. The fourth-order valence-electron chi connectivity index (χ4n) is 3.19. The SMILES string of the molecule is CCCC(CCC)CCC[C]1CCCCC1. The van der Waals surface area contributed by atoms with E-state index < -0.39 is 0 Å². The second kappa shape index (κ2) is 9.07. The molecule has 0 aromatic heterocycles. The van der Waals surface area contributed by atoms with Crippen LogP contribution in [0.2, 0.25) is 0 Å². The Morgan fingerprint density at radius 1 is 0.875 bits per heavy atom. The van der Waals surface area contributed by atoms with E-state index in [2.05, 4.69) is 13.8 Å². The van der Waals surface area contributed by atoms with Gasteiger partial charge in [-0.25, -0.2) is 0 Å². The van der Waals surface area contributed by atoms with Crippen LogP contribution in [0.1, 0.15) is 90.9 Å². The molecule has 1 rings (SSSR count). The van der Waals surface area contributed by atoms with Crippen LogP contribution < -0.4 is 0 Å². The molecule has 0 N–H and O–H groups in total. The van der Waals surface area contributed by atoms with Crippen molar-refractivity contribution in [1.29, 1.82) is 0 Å². The first kappa shape index (κ1) is 14.1. The van der Waals surface area contributed by atoms with Gasteiger partial charge in [0, 0.05) is 0 Å². The van der Waals surface area contributed by atoms with Gasteiger partial charge in [-0.15, -0.1) is 0 Å². The zero-order valence-corrected chi connectivity index (χ0v) is 11.6. The molecular formula is C16H31. The molecule has 16 heavy (non-hydrogen) atoms. The normalized spacial score (nSPS) is 18.2. The fraction of sp³-hybridized carbons (Fsp3) is 0.938. The largest absolute Gasteiger partial charge is 0.0654 e. The highest BCUT2D eigenvalue weighted by Gasteiger charge is 2.14. The third kappa shape index (κ3) is 5.92. The summed E-state index contributed by atoms with van der Waals surface area (Å²) in [6, 6.07) is 0. The lowest BCUT2D eigenvalue weighted by atomic mass is 9.84. The fourth-order valence-corrected chi connectivity index (χ4v) is 3.19. The first-order valence-corrected chi connectivity index (χ1v) is 7.70. The number of rotatable bonds is 8. The standard InChI is InChI=1S/C16H31/c1-3-9-15(10-4-2)13-8-14-16-11-6-5-7-12-16/h15H,3-14H2,1-2H3. The monoisotopic (exact) mass is 223 g/mol. The molecule has 0 aliphatic heterocycles. The first-order chi connectivity index (χ1) is 7.86. The zero-order valence-electron chi connectivity index (χ0n) is 11.6. The summed E-state index contributed by atoms with van der Waals surface area (Å²) in [6.45, 7) is 4.66. The van der Waals surface area contributed by atoms with E-state index in [-0.39, 0.29) is 0 Å². The van der Waals surface area contributed by atoms with Crippen molar-refractivity contribution in [2.24, 2.45) is 5.92 Å². The van der Waals surface area contributed by atoms with Crippen LogP contribution in [0, 0.1) is 11.8 Å². The lowest BCUT2D eigenvalue weighted by Crippen LogP contribution is -2.05. The van der Waals surface area contributed by atoms with Crippen LogP contribution >= 0.6 is 0 Å². The molecule has 95 valence electrons. The Bertz CT molecular complexity index is 138. The summed E-state index contributed by atoms with van der Waals surface area (Å²) in [5.74, 6) is 2.91. The maximum Gasteiger partial charge on any atom is -0.0241 e. The molecule has 0 heteroatoms. The molecule has 0 unspecified atom stereocenters. The zero-order chi connectivity index (χ0) is 11.6. The van der Waals surface area contributed by atoms with Crippen LogP contribution in [0.3, 0.4) is 0 Å². The first-order valence-electron chi connectivity index (χ1n) is 7.70. The van der Waals surface area contributed by atoms with E-state index >= 15 is 0 Å². The molecule has 0 spiro atoms. The summed E-state index contributed by atoms with van der Waals surface area (Å²) >= 11 is 0. The van der Waals surface area contributed by atoms with Crippen LogP contribution in [0.4, 0.5) is 0 Å². The molecule has 0 atom stereocenters. The molecule has 0 heterocycles. The second-order valence-corrected chi connectivity index (χ2v) is 5.65. The van der Waals surface area contributed by atoms with Gasteiger partial charge in [-0.2, -0.15) is 0 Å². The van der Waals surface area contributed by atoms with Crippen molar-refractivity contribution in [1.82, 2.24) is 0 Å². The van der Waals surface area contributed by atoms with Gasteiger partial charge in [-0.1, -0.05) is 71.6 Å². The molecule has 1 aliphatic rings. The Balaban J connectivity index is 2.06. The van der Waals surface area contributed by atoms with Gasteiger partial charge in [-0.3, -0.25) is 0 Å². The summed E-state index contributed by atoms with van der Waals surface area (Å²) in [5, 5.41) is 0. The van der Waals surface area contributed by atoms with Gasteiger partial charge in [0.1, 0.15) is 0 Å². The maximum atomic E-state index is 2.33. The minimum atomic E-state index is 1.03. The van der Waals surface area contributed by atoms with Crippen molar-refractivity contribution in [2.45, 2.75) is 90.9 Å².